The molecule has 3 rings (SSSR count). The van der Waals surface area contributed by atoms with E-state index < -0.39 is 17.6 Å². The molecule has 10 heteroatoms. The highest BCUT2D eigenvalue weighted by atomic mass is 32.2. The Morgan fingerprint density at radius 3 is 2.66 bits per heavy atom. The van der Waals surface area contributed by atoms with E-state index in [1.54, 1.807) is 6.20 Å². The van der Waals surface area contributed by atoms with Crippen molar-refractivity contribution in [3.8, 4) is 0 Å². The SMILES string of the molecule is CN(CC(=O)Nc1ccccc1C(F)(F)F)C(=O)CSc1ncc2ccccn12. The van der Waals surface area contributed by atoms with E-state index in [0.29, 0.717) is 5.16 Å². The second kappa shape index (κ2) is 8.56. The fourth-order valence-electron chi connectivity index (χ4n) is 2.60. The molecule has 0 saturated heterocycles. The van der Waals surface area contributed by atoms with Crippen molar-refractivity contribution in [2.75, 3.05) is 24.7 Å². The van der Waals surface area contributed by atoms with Gasteiger partial charge in [0, 0.05) is 13.2 Å². The standard InChI is InChI=1S/C19H17F3N4O2S/c1-25(11-16(27)24-15-8-3-2-7-14(15)19(20,21)22)17(28)12-29-18-23-10-13-6-4-5-9-26(13)18/h2-10H,11-12H2,1H3,(H,24,27). The summed E-state index contributed by atoms with van der Waals surface area (Å²) in [6.07, 6.45) is -1.08. The Hall–Kier alpha value is -3.01. The van der Waals surface area contributed by atoms with Crippen LogP contribution in [0.4, 0.5) is 18.9 Å². The van der Waals surface area contributed by atoms with E-state index in [4.69, 9.17) is 0 Å². The Labute approximate surface area is 168 Å². The molecule has 0 aliphatic carbocycles. The van der Waals surface area contributed by atoms with E-state index in [1.807, 2.05) is 28.8 Å². The Morgan fingerprint density at radius 1 is 1.17 bits per heavy atom. The molecule has 152 valence electrons. The molecule has 0 radical (unpaired) electrons. The summed E-state index contributed by atoms with van der Waals surface area (Å²) in [7, 11) is 1.42. The number of imidazole rings is 1. The molecule has 2 aromatic heterocycles. The summed E-state index contributed by atoms with van der Waals surface area (Å²) < 4.78 is 40.9. The number of carbonyl (C=O) groups excluding carboxylic acids is 2. The minimum atomic E-state index is -4.59. The monoisotopic (exact) mass is 422 g/mol. The summed E-state index contributed by atoms with van der Waals surface area (Å²) in [5, 5.41) is 2.85. The molecule has 0 saturated carbocycles. The number of nitrogens with zero attached hydrogens (tertiary/aromatic N) is 3. The molecule has 2 amide bonds. The molecule has 3 aromatic rings. The number of rotatable bonds is 6. The van der Waals surface area contributed by atoms with E-state index in [9.17, 15) is 22.8 Å². The van der Waals surface area contributed by atoms with E-state index in [1.165, 1.54) is 37.0 Å². The molecule has 0 aliphatic heterocycles. The first-order valence-corrected chi connectivity index (χ1v) is 9.49. The summed E-state index contributed by atoms with van der Waals surface area (Å²) in [5.74, 6) is -1.02. The molecule has 0 spiro atoms. The lowest BCUT2D eigenvalue weighted by Gasteiger charge is -2.18. The third-order valence-corrected chi connectivity index (χ3v) is 4.99. The molecule has 0 fully saturated rings. The van der Waals surface area contributed by atoms with Gasteiger partial charge in [-0.3, -0.25) is 14.0 Å². The molecule has 1 aromatic carbocycles. The normalized spacial score (nSPS) is 11.4. The Balaban J connectivity index is 1.56. The fourth-order valence-corrected chi connectivity index (χ4v) is 3.50. The number of hydrogen-bond acceptors (Lipinski definition) is 4. The highest BCUT2D eigenvalue weighted by Gasteiger charge is 2.33. The lowest BCUT2D eigenvalue weighted by atomic mass is 10.1. The maximum absolute atomic E-state index is 13.0. The number of alkyl halides is 3. The smallest absolute Gasteiger partial charge is 0.336 e. The van der Waals surface area contributed by atoms with Gasteiger partial charge in [0.15, 0.2) is 5.16 Å². The van der Waals surface area contributed by atoms with E-state index >= 15 is 0 Å². The topological polar surface area (TPSA) is 66.7 Å². The molecule has 29 heavy (non-hydrogen) atoms. The average Bonchev–Trinajstić information content (AvgIpc) is 3.08. The summed E-state index contributed by atoms with van der Waals surface area (Å²) >= 11 is 1.21. The maximum Gasteiger partial charge on any atom is 0.418 e. The molecule has 2 heterocycles. The highest BCUT2D eigenvalue weighted by molar-refractivity contribution is 7.99. The van der Waals surface area contributed by atoms with Gasteiger partial charge in [0.25, 0.3) is 0 Å². The summed E-state index contributed by atoms with van der Waals surface area (Å²) in [6, 6.07) is 10.3. The van der Waals surface area contributed by atoms with Gasteiger partial charge in [-0.2, -0.15) is 13.2 Å². The van der Waals surface area contributed by atoms with E-state index in [-0.39, 0.29) is 23.9 Å². The lowest BCUT2D eigenvalue weighted by Crippen LogP contribution is -2.36. The number of carbonyl (C=O) groups is 2. The Morgan fingerprint density at radius 2 is 1.90 bits per heavy atom. The number of benzene rings is 1. The van der Waals surface area contributed by atoms with Crippen molar-refractivity contribution in [3.05, 3.63) is 60.4 Å². The number of likely N-dealkylation sites (N-methyl/N-ethyl adjacent to an activating group) is 1. The summed E-state index contributed by atoms with van der Waals surface area (Å²) in [4.78, 5) is 29.8. The van der Waals surface area contributed by atoms with Gasteiger partial charge in [0.05, 0.1) is 35.3 Å². The van der Waals surface area contributed by atoms with Crippen molar-refractivity contribution in [3.63, 3.8) is 0 Å². The predicted molar refractivity (Wildman–Crippen MR) is 104 cm³/mol. The molecule has 0 aliphatic rings. The third-order valence-electron chi connectivity index (χ3n) is 4.04. The van der Waals surface area contributed by atoms with Crippen molar-refractivity contribution in [1.29, 1.82) is 0 Å². The quantitative estimate of drug-likeness (QED) is 0.617. The predicted octanol–water partition coefficient (Wildman–Crippen LogP) is 3.54. The van der Waals surface area contributed by atoms with Gasteiger partial charge in [-0.15, -0.1) is 0 Å². The van der Waals surface area contributed by atoms with Crippen LogP contribution in [-0.4, -0.2) is 45.4 Å². The molecule has 0 bridgehead atoms. The Bertz CT molecular complexity index is 1040. The number of anilines is 1. The maximum atomic E-state index is 13.0. The Kier molecular flexibility index (Phi) is 6.12. The van der Waals surface area contributed by atoms with Crippen LogP contribution in [0.2, 0.25) is 0 Å². The van der Waals surface area contributed by atoms with Gasteiger partial charge in [-0.25, -0.2) is 4.98 Å². The highest BCUT2D eigenvalue weighted by Crippen LogP contribution is 2.34. The zero-order valence-corrected chi connectivity index (χ0v) is 16.1. The van der Waals surface area contributed by atoms with E-state index in [2.05, 4.69) is 10.3 Å². The number of fused-ring (bicyclic) bond motifs is 1. The summed E-state index contributed by atoms with van der Waals surface area (Å²) in [5.41, 5.74) is -0.397. The van der Waals surface area contributed by atoms with E-state index in [0.717, 1.165) is 16.5 Å². The molecule has 0 unspecified atom stereocenters. The van der Waals surface area contributed by atoms with Gasteiger partial charge in [-0.1, -0.05) is 30.0 Å². The zero-order valence-electron chi connectivity index (χ0n) is 15.3. The molecular formula is C19H17F3N4O2S. The average molecular weight is 422 g/mol. The molecule has 0 atom stereocenters. The van der Waals surface area contributed by atoms with Gasteiger partial charge >= 0.3 is 6.18 Å². The first kappa shape index (κ1) is 20.7. The van der Waals surface area contributed by atoms with Crippen molar-refractivity contribution in [1.82, 2.24) is 14.3 Å². The number of para-hydroxylation sites is 1. The van der Waals surface area contributed by atoms with Crippen LogP contribution in [0.5, 0.6) is 0 Å². The van der Waals surface area contributed by atoms with Crippen molar-refractivity contribution in [2.45, 2.75) is 11.3 Å². The number of thioether (sulfide) groups is 1. The number of aromatic nitrogens is 2. The second-order valence-electron chi connectivity index (χ2n) is 6.17. The molecular weight excluding hydrogens is 405 g/mol. The minimum absolute atomic E-state index is 0.0386. The summed E-state index contributed by atoms with van der Waals surface area (Å²) in [6.45, 7) is -0.367. The van der Waals surface area contributed by atoms with Crippen LogP contribution in [0.1, 0.15) is 5.56 Å². The van der Waals surface area contributed by atoms with Crippen LogP contribution >= 0.6 is 11.8 Å². The van der Waals surface area contributed by atoms with Crippen LogP contribution < -0.4 is 5.32 Å². The van der Waals surface area contributed by atoms with Gasteiger partial charge in [0.1, 0.15) is 0 Å². The molecule has 6 nitrogen and oxygen atoms in total. The number of halogens is 3. The minimum Gasteiger partial charge on any atom is -0.336 e. The van der Waals surface area contributed by atoms with Crippen molar-refractivity contribution in [2.24, 2.45) is 0 Å². The van der Waals surface area contributed by atoms with Gasteiger partial charge in [-0.05, 0) is 24.3 Å². The largest absolute Gasteiger partial charge is 0.418 e. The first-order valence-electron chi connectivity index (χ1n) is 8.50. The van der Waals surface area contributed by atoms with Crippen LogP contribution in [0.3, 0.4) is 0 Å². The number of hydrogen-bond donors (Lipinski definition) is 1. The van der Waals surface area contributed by atoms with Gasteiger partial charge < -0.3 is 10.2 Å². The van der Waals surface area contributed by atoms with Crippen LogP contribution in [0.15, 0.2) is 60.0 Å². The first-order chi connectivity index (χ1) is 13.8. The third kappa shape index (κ3) is 5.08. The van der Waals surface area contributed by atoms with Crippen LogP contribution in [-0.2, 0) is 15.8 Å². The number of pyridine rings is 1. The number of nitrogens with one attached hydrogen (secondary N) is 1. The molecule has 1 N–H and O–H groups in total. The van der Waals surface area contributed by atoms with Crippen LogP contribution in [0, 0.1) is 0 Å². The zero-order chi connectivity index (χ0) is 21.0. The van der Waals surface area contributed by atoms with Crippen molar-refractivity contribution < 1.29 is 22.8 Å². The van der Waals surface area contributed by atoms with Crippen molar-refractivity contribution >= 4 is 34.8 Å². The van der Waals surface area contributed by atoms with Gasteiger partial charge in [0.2, 0.25) is 11.8 Å². The van der Waals surface area contributed by atoms with Crippen LogP contribution in [0.25, 0.3) is 5.52 Å². The lowest BCUT2D eigenvalue weighted by molar-refractivity contribution is -0.137. The second-order valence-corrected chi connectivity index (χ2v) is 7.11. The fraction of sp³-hybridized carbons (Fsp3) is 0.211. The number of amides is 2.